The lowest BCUT2D eigenvalue weighted by molar-refractivity contribution is -0.118. The van der Waals surface area contributed by atoms with Crippen LogP contribution in [-0.4, -0.2) is 12.4 Å². The second kappa shape index (κ2) is 6.95. The summed E-state index contributed by atoms with van der Waals surface area (Å²) in [6, 6.07) is 16.9. The average molecular weight is 275 g/mol. The molecule has 0 aliphatic carbocycles. The van der Waals surface area contributed by atoms with Gasteiger partial charge in [-0.2, -0.15) is 0 Å². The van der Waals surface area contributed by atoms with Gasteiger partial charge in [0.05, 0.1) is 6.61 Å². The van der Waals surface area contributed by atoms with Crippen LogP contribution in [0.5, 0.6) is 5.75 Å². The van der Waals surface area contributed by atoms with Crippen molar-refractivity contribution in [2.45, 2.75) is 12.8 Å². The molecule has 0 fully saturated rings. The zero-order valence-corrected chi connectivity index (χ0v) is 11.3. The zero-order valence-electron chi connectivity index (χ0n) is 10.5. The first-order valence-electron chi connectivity index (χ1n) is 6.18. The number of halogens is 1. The third-order valence-corrected chi connectivity index (χ3v) is 3.11. The van der Waals surface area contributed by atoms with E-state index in [0.717, 1.165) is 11.3 Å². The summed E-state index contributed by atoms with van der Waals surface area (Å²) in [5.74, 6) is 0.914. The molecule has 0 N–H and O–H groups in total. The van der Waals surface area contributed by atoms with Gasteiger partial charge in [-0.1, -0.05) is 48.0 Å². The molecule has 0 radical (unpaired) electrons. The number of carbonyl (C=O) groups excluding carboxylic acids is 1. The molecular weight excluding hydrogens is 260 g/mol. The molecular formula is C16H15ClO2. The van der Waals surface area contributed by atoms with Crippen molar-refractivity contribution in [1.82, 2.24) is 0 Å². The van der Waals surface area contributed by atoms with Crippen molar-refractivity contribution in [3.8, 4) is 5.75 Å². The van der Waals surface area contributed by atoms with E-state index in [-0.39, 0.29) is 5.78 Å². The molecule has 0 amide bonds. The number of ether oxygens (including phenoxy) is 1. The highest BCUT2D eigenvalue weighted by molar-refractivity contribution is 6.31. The topological polar surface area (TPSA) is 26.3 Å². The smallest absolute Gasteiger partial charge is 0.140 e. The molecule has 2 aromatic carbocycles. The van der Waals surface area contributed by atoms with E-state index in [4.69, 9.17) is 16.3 Å². The molecule has 3 heteroatoms. The maximum absolute atomic E-state index is 11.8. The van der Waals surface area contributed by atoms with Gasteiger partial charge in [-0.25, -0.2) is 0 Å². The van der Waals surface area contributed by atoms with Crippen LogP contribution in [0.25, 0.3) is 0 Å². The number of benzene rings is 2. The Balaban J connectivity index is 1.78. The number of Topliss-reactive ketones (excluding diaryl/α,β-unsaturated/α-hetero) is 1. The quantitative estimate of drug-likeness (QED) is 0.798. The van der Waals surface area contributed by atoms with E-state index in [1.165, 1.54) is 0 Å². The van der Waals surface area contributed by atoms with Crippen LogP contribution in [0.15, 0.2) is 54.6 Å². The maximum Gasteiger partial charge on any atom is 0.140 e. The number of para-hydroxylation sites is 1. The first-order valence-corrected chi connectivity index (χ1v) is 6.56. The highest BCUT2D eigenvalue weighted by atomic mass is 35.5. The Morgan fingerprint density at radius 1 is 1.00 bits per heavy atom. The Morgan fingerprint density at radius 3 is 2.42 bits per heavy atom. The van der Waals surface area contributed by atoms with Gasteiger partial charge in [0, 0.05) is 17.9 Å². The molecule has 2 aromatic rings. The Kier molecular flexibility index (Phi) is 4.99. The first kappa shape index (κ1) is 13.6. The van der Waals surface area contributed by atoms with Gasteiger partial charge in [0.2, 0.25) is 0 Å². The Bertz CT molecular complexity index is 537. The third-order valence-electron chi connectivity index (χ3n) is 2.74. The summed E-state index contributed by atoms with van der Waals surface area (Å²) >= 11 is 6.01. The molecule has 0 saturated heterocycles. The lowest BCUT2D eigenvalue weighted by Gasteiger charge is -2.06. The van der Waals surface area contributed by atoms with Crippen molar-refractivity contribution >= 4 is 17.4 Å². The van der Waals surface area contributed by atoms with Gasteiger partial charge >= 0.3 is 0 Å². The number of ketones is 1. The lowest BCUT2D eigenvalue weighted by Crippen LogP contribution is -2.09. The van der Waals surface area contributed by atoms with Crippen molar-refractivity contribution < 1.29 is 9.53 Å². The molecule has 2 rings (SSSR count). The predicted molar refractivity (Wildman–Crippen MR) is 76.7 cm³/mol. The van der Waals surface area contributed by atoms with E-state index in [1.54, 1.807) is 6.07 Å². The van der Waals surface area contributed by atoms with E-state index < -0.39 is 0 Å². The molecule has 0 aliphatic rings. The summed E-state index contributed by atoms with van der Waals surface area (Å²) in [6.45, 7) is 0.396. The summed E-state index contributed by atoms with van der Waals surface area (Å²) in [5, 5.41) is 0.639. The Hall–Kier alpha value is -1.80. The minimum atomic E-state index is 0.129. The monoisotopic (exact) mass is 274 g/mol. The summed E-state index contributed by atoms with van der Waals surface area (Å²) < 4.78 is 5.49. The van der Waals surface area contributed by atoms with Gasteiger partial charge in [0.15, 0.2) is 0 Å². The number of carbonyl (C=O) groups is 1. The Morgan fingerprint density at radius 2 is 1.68 bits per heavy atom. The number of hydrogen-bond donors (Lipinski definition) is 0. The first-order chi connectivity index (χ1) is 9.25. The average Bonchev–Trinajstić information content (AvgIpc) is 2.43. The second-order valence-corrected chi connectivity index (χ2v) is 4.63. The van der Waals surface area contributed by atoms with Crippen molar-refractivity contribution in [3.05, 3.63) is 65.2 Å². The minimum Gasteiger partial charge on any atom is -0.493 e. The highest BCUT2D eigenvalue weighted by Crippen LogP contribution is 2.16. The van der Waals surface area contributed by atoms with Crippen molar-refractivity contribution in [2.24, 2.45) is 0 Å². The molecule has 0 bridgehead atoms. The summed E-state index contributed by atoms with van der Waals surface area (Å²) in [4.78, 5) is 11.8. The van der Waals surface area contributed by atoms with Gasteiger partial charge in [0.25, 0.3) is 0 Å². The van der Waals surface area contributed by atoms with Gasteiger partial charge in [0.1, 0.15) is 11.5 Å². The van der Waals surface area contributed by atoms with Crippen LogP contribution in [0.1, 0.15) is 12.0 Å². The normalized spacial score (nSPS) is 10.2. The molecule has 0 spiro atoms. The molecule has 0 aliphatic heterocycles. The fourth-order valence-electron chi connectivity index (χ4n) is 1.74. The summed E-state index contributed by atoms with van der Waals surface area (Å²) in [6.07, 6.45) is 0.748. The maximum atomic E-state index is 11.8. The van der Waals surface area contributed by atoms with E-state index in [9.17, 15) is 4.79 Å². The van der Waals surface area contributed by atoms with Crippen LogP contribution in [0.4, 0.5) is 0 Å². The van der Waals surface area contributed by atoms with Gasteiger partial charge in [-0.05, 0) is 23.8 Å². The van der Waals surface area contributed by atoms with Crippen LogP contribution in [0.3, 0.4) is 0 Å². The number of hydrogen-bond acceptors (Lipinski definition) is 2. The SMILES string of the molecule is O=C(CCOc1ccccc1)Cc1ccccc1Cl. The van der Waals surface area contributed by atoms with E-state index >= 15 is 0 Å². The van der Waals surface area contributed by atoms with Crippen LogP contribution >= 0.6 is 11.6 Å². The van der Waals surface area contributed by atoms with Gasteiger partial charge in [-0.3, -0.25) is 4.79 Å². The van der Waals surface area contributed by atoms with Crippen molar-refractivity contribution in [2.75, 3.05) is 6.61 Å². The fourth-order valence-corrected chi connectivity index (χ4v) is 1.94. The van der Waals surface area contributed by atoms with Crippen LogP contribution in [0, 0.1) is 0 Å². The minimum absolute atomic E-state index is 0.129. The van der Waals surface area contributed by atoms with E-state index in [2.05, 4.69) is 0 Å². The van der Waals surface area contributed by atoms with Gasteiger partial charge in [-0.15, -0.1) is 0 Å². The number of rotatable bonds is 6. The molecule has 19 heavy (non-hydrogen) atoms. The van der Waals surface area contributed by atoms with E-state index in [0.29, 0.717) is 24.5 Å². The predicted octanol–water partition coefficient (Wildman–Crippen LogP) is 3.92. The molecule has 0 heterocycles. The largest absolute Gasteiger partial charge is 0.493 e. The van der Waals surface area contributed by atoms with Crippen molar-refractivity contribution in [1.29, 1.82) is 0 Å². The van der Waals surface area contributed by atoms with E-state index in [1.807, 2.05) is 48.5 Å². The fraction of sp³-hybridized carbons (Fsp3) is 0.188. The lowest BCUT2D eigenvalue weighted by atomic mass is 10.1. The highest BCUT2D eigenvalue weighted by Gasteiger charge is 2.07. The Labute approximate surface area is 118 Å². The molecule has 0 saturated carbocycles. The standard InChI is InChI=1S/C16H15ClO2/c17-16-9-5-4-6-13(16)12-14(18)10-11-19-15-7-2-1-3-8-15/h1-9H,10-12H2. The third kappa shape index (κ3) is 4.42. The molecule has 2 nitrogen and oxygen atoms in total. The van der Waals surface area contributed by atoms with Crippen LogP contribution in [0.2, 0.25) is 5.02 Å². The molecule has 0 unspecified atom stereocenters. The van der Waals surface area contributed by atoms with Crippen LogP contribution < -0.4 is 4.74 Å². The summed E-state index contributed by atoms with van der Waals surface area (Å²) in [5.41, 5.74) is 0.869. The zero-order chi connectivity index (χ0) is 13.5. The molecule has 98 valence electrons. The van der Waals surface area contributed by atoms with Crippen molar-refractivity contribution in [3.63, 3.8) is 0 Å². The van der Waals surface area contributed by atoms with Gasteiger partial charge < -0.3 is 4.74 Å². The molecule has 0 atom stereocenters. The second-order valence-electron chi connectivity index (χ2n) is 4.22. The molecule has 0 aromatic heterocycles. The van der Waals surface area contributed by atoms with Crippen LogP contribution in [-0.2, 0) is 11.2 Å². The summed E-state index contributed by atoms with van der Waals surface area (Å²) in [7, 11) is 0.